The van der Waals surface area contributed by atoms with Gasteiger partial charge in [0.25, 0.3) is 17.7 Å². The smallest absolute Gasteiger partial charge is 0.262 e. The minimum atomic E-state index is -0.475. The van der Waals surface area contributed by atoms with Crippen LogP contribution in [0, 0.1) is 0 Å². The Bertz CT molecular complexity index is 946. The zero-order chi connectivity index (χ0) is 19.0. The molecular formula is C17H11Cl3N2O4. The number of nitrogens with zero attached hydrogens (tertiary/aromatic N) is 1. The molecule has 1 N–H and O–H groups in total. The van der Waals surface area contributed by atoms with Crippen LogP contribution in [0.1, 0.15) is 20.7 Å². The molecule has 0 unspecified atom stereocenters. The minimum Gasteiger partial charge on any atom is -0.482 e. The summed E-state index contributed by atoms with van der Waals surface area (Å²) in [7, 11) is 1.40. The monoisotopic (exact) mass is 412 g/mol. The number of benzene rings is 2. The van der Waals surface area contributed by atoms with Gasteiger partial charge in [-0.1, -0.05) is 34.8 Å². The van der Waals surface area contributed by atoms with Gasteiger partial charge < -0.3 is 10.1 Å². The molecule has 3 rings (SSSR count). The van der Waals surface area contributed by atoms with Gasteiger partial charge in [-0.3, -0.25) is 19.3 Å². The first-order chi connectivity index (χ1) is 12.3. The third-order valence-electron chi connectivity index (χ3n) is 3.71. The van der Waals surface area contributed by atoms with Crippen molar-refractivity contribution in [1.82, 2.24) is 4.90 Å². The van der Waals surface area contributed by atoms with Crippen LogP contribution in [0.2, 0.25) is 15.1 Å². The maximum absolute atomic E-state index is 12.1. The van der Waals surface area contributed by atoms with Crippen molar-refractivity contribution in [3.05, 3.63) is 56.5 Å². The van der Waals surface area contributed by atoms with E-state index in [-0.39, 0.29) is 38.9 Å². The van der Waals surface area contributed by atoms with Gasteiger partial charge in [0.2, 0.25) is 0 Å². The molecule has 26 heavy (non-hydrogen) atoms. The maximum atomic E-state index is 12.1. The van der Waals surface area contributed by atoms with E-state index in [1.165, 1.54) is 37.4 Å². The van der Waals surface area contributed by atoms with E-state index >= 15 is 0 Å². The molecule has 0 bridgehead atoms. The molecule has 134 valence electrons. The number of amides is 3. The summed E-state index contributed by atoms with van der Waals surface area (Å²) in [5, 5.41) is 3.33. The summed E-state index contributed by atoms with van der Waals surface area (Å²) in [4.78, 5) is 36.9. The average molecular weight is 414 g/mol. The van der Waals surface area contributed by atoms with Gasteiger partial charge in [0, 0.05) is 18.8 Å². The lowest BCUT2D eigenvalue weighted by atomic mass is 10.1. The lowest BCUT2D eigenvalue weighted by Gasteiger charge is -2.10. The molecule has 0 saturated heterocycles. The first-order valence-electron chi connectivity index (χ1n) is 7.31. The fourth-order valence-corrected chi connectivity index (χ4v) is 2.99. The van der Waals surface area contributed by atoms with E-state index in [0.29, 0.717) is 11.3 Å². The van der Waals surface area contributed by atoms with Crippen molar-refractivity contribution in [2.45, 2.75) is 0 Å². The average Bonchev–Trinajstić information content (AvgIpc) is 2.81. The highest BCUT2D eigenvalue weighted by atomic mass is 35.5. The van der Waals surface area contributed by atoms with Gasteiger partial charge in [0.15, 0.2) is 6.61 Å². The van der Waals surface area contributed by atoms with Gasteiger partial charge in [-0.25, -0.2) is 0 Å². The second kappa shape index (κ2) is 7.15. The lowest BCUT2D eigenvalue weighted by molar-refractivity contribution is -0.118. The Morgan fingerprint density at radius 3 is 2.38 bits per heavy atom. The van der Waals surface area contributed by atoms with Gasteiger partial charge >= 0.3 is 0 Å². The van der Waals surface area contributed by atoms with E-state index in [0.717, 1.165) is 4.90 Å². The largest absolute Gasteiger partial charge is 0.482 e. The molecule has 0 aliphatic carbocycles. The molecule has 0 aromatic heterocycles. The van der Waals surface area contributed by atoms with E-state index in [1.807, 2.05) is 0 Å². The zero-order valence-electron chi connectivity index (χ0n) is 13.3. The molecule has 0 atom stereocenters. The number of imide groups is 1. The third-order valence-corrected chi connectivity index (χ3v) is 4.72. The van der Waals surface area contributed by atoms with Crippen molar-refractivity contribution in [2.24, 2.45) is 0 Å². The molecule has 2 aromatic carbocycles. The van der Waals surface area contributed by atoms with Crippen LogP contribution in [0.3, 0.4) is 0 Å². The highest BCUT2D eigenvalue weighted by Crippen LogP contribution is 2.33. The number of anilines is 1. The van der Waals surface area contributed by atoms with Crippen LogP contribution in [-0.2, 0) is 4.79 Å². The molecule has 3 amide bonds. The molecular weight excluding hydrogens is 403 g/mol. The summed E-state index contributed by atoms with van der Waals surface area (Å²) >= 11 is 17.7. The Balaban J connectivity index is 1.67. The standard InChI is InChI=1S/C17H11Cl3N2O4/c1-22-16(24)9-3-2-8(4-10(9)17(22)25)21-15(23)7-26-14-6-12(19)11(18)5-13(14)20/h2-6H,7H2,1H3,(H,21,23). The number of halogens is 3. The number of fused-ring (bicyclic) bond motifs is 1. The van der Waals surface area contributed by atoms with Crippen LogP contribution in [0.4, 0.5) is 5.69 Å². The van der Waals surface area contributed by atoms with Crippen LogP contribution in [0.25, 0.3) is 0 Å². The fraction of sp³-hybridized carbons (Fsp3) is 0.118. The van der Waals surface area contributed by atoms with Crippen LogP contribution in [0.15, 0.2) is 30.3 Å². The summed E-state index contributed by atoms with van der Waals surface area (Å²) in [5.74, 6) is -1.05. The molecule has 0 spiro atoms. The topological polar surface area (TPSA) is 75.7 Å². The number of carbonyl (C=O) groups excluding carboxylic acids is 3. The highest BCUT2D eigenvalue weighted by Gasteiger charge is 2.32. The molecule has 2 aromatic rings. The third kappa shape index (κ3) is 3.49. The van der Waals surface area contributed by atoms with E-state index in [2.05, 4.69) is 5.32 Å². The van der Waals surface area contributed by atoms with Crippen LogP contribution < -0.4 is 10.1 Å². The second-order valence-electron chi connectivity index (χ2n) is 5.46. The number of rotatable bonds is 4. The van der Waals surface area contributed by atoms with Crippen LogP contribution in [-0.4, -0.2) is 36.3 Å². The van der Waals surface area contributed by atoms with Crippen molar-refractivity contribution in [1.29, 1.82) is 0 Å². The summed E-state index contributed by atoms with van der Waals surface area (Å²) in [6.07, 6.45) is 0. The first kappa shape index (κ1) is 18.5. The molecule has 0 saturated carbocycles. The number of hydrogen-bond acceptors (Lipinski definition) is 4. The predicted octanol–water partition coefficient (Wildman–Crippen LogP) is 3.89. The normalized spacial score (nSPS) is 13.0. The Labute approximate surface area is 163 Å². The van der Waals surface area contributed by atoms with Crippen molar-refractivity contribution in [3.8, 4) is 5.75 Å². The number of ether oxygens (including phenoxy) is 1. The Kier molecular flexibility index (Phi) is 5.09. The van der Waals surface area contributed by atoms with E-state index in [9.17, 15) is 14.4 Å². The first-order valence-corrected chi connectivity index (χ1v) is 8.45. The Morgan fingerprint density at radius 2 is 1.65 bits per heavy atom. The molecule has 1 heterocycles. The molecule has 0 radical (unpaired) electrons. The predicted molar refractivity (Wildman–Crippen MR) is 98.5 cm³/mol. The van der Waals surface area contributed by atoms with Crippen LogP contribution >= 0.6 is 34.8 Å². The summed E-state index contributed by atoms with van der Waals surface area (Å²) in [5.41, 5.74) is 0.909. The van der Waals surface area contributed by atoms with Gasteiger partial charge in [-0.2, -0.15) is 0 Å². The van der Waals surface area contributed by atoms with E-state index < -0.39 is 11.8 Å². The summed E-state index contributed by atoms with van der Waals surface area (Å²) in [6.45, 7) is -0.332. The zero-order valence-corrected chi connectivity index (χ0v) is 15.6. The van der Waals surface area contributed by atoms with E-state index in [4.69, 9.17) is 39.5 Å². The molecule has 9 heteroatoms. The SMILES string of the molecule is CN1C(=O)c2ccc(NC(=O)COc3cc(Cl)c(Cl)cc3Cl)cc2C1=O. The van der Waals surface area contributed by atoms with Crippen LogP contribution in [0.5, 0.6) is 5.75 Å². The van der Waals surface area contributed by atoms with Gasteiger partial charge in [0.1, 0.15) is 5.75 Å². The number of nitrogens with one attached hydrogen (secondary N) is 1. The molecule has 1 aliphatic rings. The number of hydrogen-bond donors (Lipinski definition) is 1. The van der Waals surface area contributed by atoms with Crippen molar-refractivity contribution in [2.75, 3.05) is 19.0 Å². The van der Waals surface area contributed by atoms with Crippen molar-refractivity contribution < 1.29 is 19.1 Å². The minimum absolute atomic E-state index is 0.215. The molecule has 6 nitrogen and oxygen atoms in total. The van der Waals surface area contributed by atoms with Gasteiger partial charge in [-0.15, -0.1) is 0 Å². The Hall–Kier alpha value is -2.28. The lowest BCUT2D eigenvalue weighted by Crippen LogP contribution is -2.24. The van der Waals surface area contributed by atoms with Gasteiger partial charge in [-0.05, 0) is 24.3 Å². The maximum Gasteiger partial charge on any atom is 0.262 e. The summed E-state index contributed by atoms with van der Waals surface area (Å²) in [6, 6.07) is 7.30. The highest BCUT2D eigenvalue weighted by molar-refractivity contribution is 6.43. The van der Waals surface area contributed by atoms with Crippen molar-refractivity contribution >= 4 is 58.2 Å². The number of carbonyl (C=O) groups is 3. The van der Waals surface area contributed by atoms with E-state index in [1.54, 1.807) is 0 Å². The quantitative estimate of drug-likeness (QED) is 0.609. The van der Waals surface area contributed by atoms with Crippen molar-refractivity contribution in [3.63, 3.8) is 0 Å². The molecule has 0 fully saturated rings. The fourth-order valence-electron chi connectivity index (χ4n) is 2.39. The Morgan fingerprint density at radius 1 is 1.00 bits per heavy atom. The summed E-state index contributed by atoms with van der Waals surface area (Å²) < 4.78 is 5.34. The second-order valence-corrected chi connectivity index (χ2v) is 6.68. The molecule has 1 aliphatic heterocycles. The van der Waals surface area contributed by atoms with Gasteiger partial charge in [0.05, 0.1) is 26.2 Å².